The van der Waals surface area contributed by atoms with Crippen LogP contribution in [0, 0.1) is 3.57 Å². The summed E-state index contributed by atoms with van der Waals surface area (Å²) < 4.78 is 38.8. The van der Waals surface area contributed by atoms with E-state index in [-0.39, 0.29) is 6.04 Å². The summed E-state index contributed by atoms with van der Waals surface area (Å²) >= 11 is 2.22. The summed E-state index contributed by atoms with van der Waals surface area (Å²) in [5.74, 6) is 5.53. The number of nitrogens with two attached hydrogens (primary N) is 1. The molecule has 0 amide bonds. The third kappa shape index (κ3) is 4.42. The van der Waals surface area contributed by atoms with Gasteiger partial charge in [0.1, 0.15) is 0 Å². The Morgan fingerprint density at radius 1 is 1.00 bits per heavy atom. The van der Waals surface area contributed by atoms with Crippen molar-refractivity contribution in [2.45, 2.75) is 18.6 Å². The number of nitrogens with one attached hydrogen (secondary N) is 1. The summed E-state index contributed by atoms with van der Waals surface area (Å²) in [6.45, 7) is 0. The van der Waals surface area contributed by atoms with Crippen LogP contribution < -0.4 is 11.3 Å². The highest BCUT2D eigenvalue weighted by molar-refractivity contribution is 14.1. The topological polar surface area (TPSA) is 38.0 Å². The molecule has 0 heterocycles. The monoisotopic (exact) mass is 406 g/mol. The lowest BCUT2D eigenvalue weighted by atomic mass is 9.98. The second kappa shape index (κ2) is 6.76. The van der Waals surface area contributed by atoms with Crippen molar-refractivity contribution in [3.05, 3.63) is 68.8 Å². The number of rotatable bonds is 4. The van der Waals surface area contributed by atoms with Crippen molar-refractivity contribution in [2.75, 3.05) is 0 Å². The Morgan fingerprint density at radius 2 is 1.57 bits per heavy atom. The van der Waals surface area contributed by atoms with Gasteiger partial charge in [0, 0.05) is 9.61 Å². The van der Waals surface area contributed by atoms with E-state index >= 15 is 0 Å². The van der Waals surface area contributed by atoms with E-state index in [2.05, 4.69) is 28.0 Å². The van der Waals surface area contributed by atoms with Crippen LogP contribution in [0.25, 0.3) is 0 Å². The highest BCUT2D eigenvalue weighted by Gasteiger charge is 2.30. The fraction of sp³-hybridized carbons (Fsp3) is 0.200. The van der Waals surface area contributed by atoms with Gasteiger partial charge in [-0.15, -0.1) is 0 Å². The third-order valence-electron chi connectivity index (χ3n) is 3.19. The maximum absolute atomic E-state index is 12.5. The lowest BCUT2D eigenvalue weighted by Crippen LogP contribution is -2.29. The van der Waals surface area contributed by atoms with Crippen molar-refractivity contribution in [3.63, 3.8) is 0 Å². The SMILES string of the molecule is NNC(Cc1ccc(I)cc1)c1ccc(C(F)(F)F)cc1. The minimum Gasteiger partial charge on any atom is -0.271 e. The summed E-state index contributed by atoms with van der Waals surface area (Å²) in [5, 5.41) is 0. The van der Waals surface area contributed by atoms with Crippen LogP contribution in [0.4, 0.5) is 13.2 Å². The van der Waals surface area contributed by atoms with Crippen LogP contribution in [0.3, 0.4) is 0 Å². The van der Waals surface area contributed by atoms with Gasteiger partial charge in [0.15, 0.2) is 0 Å². The summed E-state index contributed by atoms with van der Waals surface area (Å²) in [7, 11) is 0. The van der Waals surface area contributed by atoms with Gasteiger partial charge in [-0.3, -0.25) is 11.3 Å². The van der Waals surface area contributed by atoms with Gasteiger partial charge in [0.25, 0.3) is 0 Å². The molecule has 0 aliphatic heterocycles. The van der Waals surface area contributed by atoms with E-state index < -0.39 is 11.7 Å². The molecule has 21 heavy (non-hydrogen) atoms. The van der Waals surface area contributed by atoms with Gasteiger partial charge < -0.3 is 0 Å². The predicted molar refractivity (Wildman–Crippen MR) is 84.4 cm³/mol. The molecule has 3 N–H and O–H groups in total. The summed E-state index contributed by atoms with van der Waals surface area (Å²) in [4.78, 5) is 0. The van der Waals surface area contributed by atoms with Gasteiger partial charge in [-0.25, -0.2) is 0 Å². The van der Waals surface area contributed by atoms with Gasteiger partial charge in [0.2, 0.25) is 0 Å². The zero-order valence-electron chi connectivity index (χ0n) is 11.0. The molecule has 0 spiro atoms. The molecule has 0 radical (unpaired) electrons. The van der Waals surface area contributed by atoms with E-state index in [4.69, 9.17) is 5.84 Å². The summed E-state index contributed by atoms with van der Waals surface area (Å²) in [6, 6.07) is 12.8. The highest BCUT2D eigenvalue weighted by Crippen LogP contribution is 2.30. The van der Waals surface area contributed by atoms with Crippen molar-refractivity contribution in [3.8, 4) is 0 Å². The molecule has 112 valence electrons. The van der Waals surface area contributed by atoms with Crippen LogP contribution in [0.5, 0.6) is 0 Å². The second-order valence-corrected chi connectivity index (χ2v) is 5.92. The number of hydrogen-bond donors (Lipinski definition) is 2. The van der Waals surface area contributed by atoms with Crippen LogP contribution in [-0.4, -0.2) is 0 Å². The molecule has 0 fully saturated rings. The van der Waals surface area contributed by atoms with E-state index in [0.717, 1.165) is 26.8 Å². The minimum atomic E-state index is -4.32. The molecular weight excluding hydrogens is 392 g/mol. The summed E-state index contributed by atoms with van der Waals surface area (Å²) in [5.41, 5.74) is 3.79. The first-order valence-electron chi connectivity index (χ1n) is 6.28. The smallest absolute Gasteiger partial charge is 0.271 e. The van der Waals surface area contributed by atoms with Crippen molar-refractivity contribution in [1.29, 1.82) is 0 Å². The Balaban J connectivity index is 2.15. The van der Waals surface area contributed by atoms with Crippen LogP contribution >= 0.6 is 22.6 Å². The van der Waals surface area contributed by atoms with E-state index in [1.165, 1.54) is 12.1 Å². The lowest BCUT2D eigenvalue weighted by Gasteiger charge is -2.17. The van der Waals surface area contributed by atoms with Crippen LogP contribution in [0.15, 0.2) is 48.5 Å². The van der Waals surface area contributed by atoms with Crippen molar-refractivity contribution >= 4 is 22.6 Å². The minimum absolute atomic E-state index is 0.229. The molecule has 2 rings (SSSR count). The average Bonchev–Trinajstić information content (AvgIpc) is 2.46. The number of halogens is 4. The molecule has 0 saturated heterocycles. The van der Waals surface area contributed by atoms with Crippen molar-refractivity contribution in [2.24, 2.45) is 5.84 Å². The predicted octanol–water partition coefficient (Wildman–Crippen LogP) is 4.06. The fourth-order valence-electron chi connectivity index (χ4n) is 2.03. The molecule has 0 saturated carbocycles. The van der Waals surface area contributed by atoms with Gasteiger partial charge in [-0.1, -0.05) is 24.3 Å². The first-order chi connectivity index (χ1) is 9.90. The Hall–Kier alpha value is -1.12. The molecule has 2 aromatic carbocycles. The van der Waals surface area contributed by atoms with Gasteiger partial charge in [-0.05, 0) is 64.4 Å². The molecule has 1 unspecified atom stereocenters. The molecule has 6 heteroatoms. The first-order valence-corrected chi connectivity index (χ1v) is 7.36. The Kier molecular flexibility index (Phi) is 5.23. The maximum Gasteiger partial charge on any atom is 0.416 e. The van der Waals surface area contributed by atoms with E-state index in [1.807, 2.05) is 24.3 Å². The van der Waals surface area contributed by atoms with Crippen LogP contribution in [0.2, 0.25) is 0 Å². The van der Waals surface area contributed by atoms with E-state index in [0.29, 0.717) is 6.42 Å². The fourth-order valence-corrected chi connectivity index (χ4v) is 2.39. The lowest BCUT2D eigenvalue weighted by molar-refractivity contribution is -0.137. The summed E-state index contributed by atoms with van der Waals surface area (Å²) in [6.07, 6.45) is -3.71. The maximum atomic E-state index is 12.5. The van der Waals surface area contributed by atoms with Crippen LogP contribution in [-0.2, 0) is 12.6 Å². The zero-order valence-corrected chi connectivity index (χ0v) is 13.1. The Bertz CT molecular complexity index is 579. The number of hydrazine groups is 1. The number of benzene rings is 2. The Labute approximate surface area is 134 Å². The molecule has 2 aromatic rings. The highest BCUT2D eigenvalue weighted by atomic mass is 127. The number of hydrogen-bond acceptors (Lipinski definition) is 2. The second-order valence-electron chi connectivity index (χ2n) is 4.67. The standard InChI is InChI=1S/C15H14F3IN2/c16-15(17,18)12-5-3-11(4-6-12)14(21-20)9-10-1-7-13(19)8-2-10/h1-8,14,21H,9,20H2. The van der Waals surface area contributed by atoms with Gasteiger partial charge >= 0.3 is 6.18 Å². The molecule has 2 nitrogen and oxygen atoms in total. The molecule has 1 atom stereocenters. The third-order valence-corrected chi connectivity index (χ3v) is 3.91. The molecule has 0 aromatic heterocycles. The first kappa shape index (κ1) is 16.3. The quantitative estimate of drug-likeness (QED) is 0.457. The van der Waals surface area contributed by atoms with Crippen molar-refractivity contribution in [1.82, 2.24) is 5.43 Å². The molecule has 0 aliphatic rings. The molecular formula is C15H14F3IN2. The largest absolute Gasteiger partial charge is 0.416 e. The van der Waals surface area contributed by atoms with Gasteiger partial charge in [0.05, 0.1) is 5.56 Å². The molecule has 0 bridgehead atoms. The van der Waals surface area contributed by atoms with E-state index in [9.17, 15) is 13.2 Å². The zero-order chi connectivity index (χ0) is 15.5. The number of alkyl halides is 3. The van der Waals surface area contributed by atoms with E-state index in [1.54, 1.807) is 0 Å². The van der Waals surface area contributed by atoms with Crippen molar-refractivity contribution < 1.29 is 13.2 Å². The normalized spacial score (nSPS) is 13.2. The Morgan fingerprint density at radius 3 is 2.05 bits per heavy atom. The molecule has 0 aliphatic carbocycles. The average molecular weight is 406 g/mol. The van der Waals surface area contributed by atoms with Crippen LogP contribution in [0.1, 0.15) is 22.7 Å². The van der Waals surface area contributed by atoms with Gasteiger partial charge in [-0.2, -0.15) is 13.2 Å².